The van der Waals surface area contributed by atoms with Gasteiger partial charge in [0.15, 0.2) is 0 Å². The number of nitrogens with zero attached hydrogens (tertiary/aromatic N) is 2. The minimum atomic E-state index is 0.146. The number of benzene rings is 1. The average molecular weight is 259 g/mol. The highest BCUT2D eigenvalue weighted by molar-refractivity contribution is 5.96. The standard InChI is InChI=1S/C15H21N3O/c1-11-10-12(16)2-5-14(11)15(19)18-8-6-17(7-9-18)13-3-4-13/h2,5,10,13H,3-4,6-9,16H2,1H3. The lowest BCUT2D eigenvalue weighted by atomic mass is 10.1. The van der Waals surface area contributed by atoms with Gasteiger partial charge in [-0.05, 0) is 43.5 Å². The van der Waals surface area contributed by atoms with Crippen molar-refractivity contribution in [3.63, 3.8) is 0 Å². The Balaban J connectivity index is 1.67. The number of carbonyl (C=O) groups excluding carboxylic acids is 1. The molecule has 1 amide bonds. The topological polar surface area (TPSA) is 49.6 Å². The maximum absolute atomic E-state index is 12.5. The van der Waals surface area contributed by atoms with Crippen LogP contribution in [0.5, 0.6) is 0 Å². The van der Waals surface area contributed by atoms with Crippen LogP contribution in [0.1, 0.15) is 28.8 Å². The first-order valence-corrected chi connectivity index (χ1v) is 7.04. The summed E-state index contributed by atoms with van der Waals surface area (Å²) >= 11 is 0. The van der Waals surface area contributed by atoms with Gasteiger partial charge in [-0.1, -0.05) is 0 Å². The Morgan fingerprint density at radius 2 is 1.89 bits per heavy atom. The van der Waals surface area contributed by atoms with Crippen molar-refractivity contribution in [1.82, 2.24) is 9.80 Å². The first-order valence-electron chi connectivity index (χ1n) is 7.04. The molecular formula is C15H21N3O. The lowest BCUT2D eigenvalue weighted by Gasteiger charge is -2.35. The van der Waals surface area contributed by atoms with E-state index in [1.54, 1.807) is 6.07 Å². The summed E-state index contributed by atoms with van der Waals surface area (Å²) in [5, 5.41) is 0. The number of nitrogen functional groups attached to an aromatic ring is 1. The van der Waals surface area contributed by atoms with Crippen molar-refractivity contribution in [1.29, 1.82) is 0 Å². The van der Waals surface area contributed by atoms with Gasteiger partial charge in [-0.2, -0.15) is 0 Å². The van der Waals surface area contributed by atoms with Gasteiger partial charge in [0.25, 0.3) is 5.91 Å². The van der Waals surface area contributed by atoms with Crippen LogP contribution in [0.4, 0.5) is 5.69 Å². The second-order valence-electron chi connectivity index (χ2n) is 5.63. The lowest BCUT2D eigenvalue weighted by Crippen LogP contribution is -2.49. The molecule has 1 heterocycles. The number of hydrogen-bond acceptors (Lipinski definition) is 3. The molecule has 0 spiro atoms. The van der Waals surface area contributed by atoms with E-state index in [9.17, 15) is 4.79 Å². The first-order chi connectivity index (χ1) is 9.15. The van der Waals surface area contributed by atoms with Crippen molar-refractivity contribution in [3.05, 3.63) is 29.3 Å². The molecule has 1 saturated carbocycles. The first kappa shape index (κ1) is 12.5. The van der Waals surface area contributed by atoms with E-state index >= 15 is 0 Å². The summed E-state index contributed by atoms with van der Waals surface area (Å²) in [5.74, 6) is 0.146. The van der Waals surface area contributed by atoms with Gasteiger partial charge < -0.3 is 10.6 Å². The zero-order valence-electron chi connectivity index (χ0n) is 11.4. The highest BCUT2D eigenvalue weighted by Crippen LogP contribution is 2.27. The third kappa shape index (κ3) is 2.59. The van der Waals surface area contributed by atoms with Crippen LogP contribution >= 0.6 is 0 Å². The molecule has 0 radical (unpaired) electrons. The zero-order valence-corrected chi connectivity index (χ0v) is 11.4. The summed E-state index contributed by atoms with van der Waals surface area (Å²) in [6.45, 7) is 5.68. The van der Waals surface area contributed by atoms with Gasteiger partial charge in [0.1, 0.15) is 0 Å². The van der Waals surface area contributed by atoms with E-state index in [0.717, 1.165) is 43.3 Å². The molecular weight excluding hydrogens is 238 g/mol. The van der Waals surface area contributed by atoms with E-state index in [1.807, 2.05) is 24.0 Å². The molecule has 102 valence electrons. The van der Waals surface area contributed by atoms with Crippen LogP contribution in [0.3, 0.4) is 0 Å². The third-order valence-corrected chi connectivity index (χ3v) is 4.15. The molecule has 1 saturated heterocycles. The highest BCUT2D eigenvalue weighted by atomic mass is 16.2. The van der Waals surface area contributed by atoms with E-state index < -0.39 is 0 Å². The molecule has 1 aliphatic heterocycles. The Morgan fingerprint density at radius 3 is 2.47 bits per heavy atom. The SMILES string of the molecule is Cc1cc(N)ccc1C(=O)N1CCN(C2CC2)CC1. The molecule has 0 bridgehead atoms. The van der Waals surface area contributed by atoms with Crippen LogP contribution in [0.25, 0.3) is 0 Å². The molecule has 19 heavy (non-hydrogen) atoms. The average Bonchev–Trinajstić information content (AvgIpc) is 3.22. The van der Waals surface area contributed by atoms with E-state index in [2.05, 4.69) is 4.90 Å². The molecule has 3 rings (SSSR count). The fourth-order valence-electron chi connectivity index (χ4n) is 2.83. The molecule has 2 N–H and O–H groups in total. The van der Waals surface area contributed by atoms with Crippen LogP contribution in [0, 0.1) is 6.92 Å². The van der Waals surface area contributed by atoms with Gasteiger partial charge >= 0.3 is 0 Å². The maximum atomic E-state index is 12.5. The van der Waals surface area contributed by atoms with Crippen molar-refractivity contribution < 1.29 is 4.79 Å². The predicted octanol–water partition coefficient (Wildman–Crippen LogP) is 1.50. The van der Waals surface area contributed by atoms with Crippen LogP contribution in [0.15, 0.2) is 18.2 Å². The van der Waals surface area contributed by atoms with E-state index in [1.165, 1.54) is 12.8 Å². The predicted molar refractivity (Wildman–Crippen MR) is 76.1 cm³/mol. The maximum Gasteiger partial charge on any atom is 0.254 e. The molecule has 1 aromatic rings. The number of piperazine rings is 1. The number of nitrogens with two attached hydrogens (primary N) is 1. The minimum absolute atomic E-state index is 0.146. The summed E-state index contributed by atoms with van der Waals surface area (Å²) in [4.78, 5) is 17.0. The largest absolute Gasteiger partial charge is 0.399 e. The van der Waals surface area contributed by atoms with E-state index in [-0.39, 0.29) is 5.91 Å². The zero-order chi connectivity index (χ0) is 13.4. The Hall–Kier alpha value is -1.55. The van der Waals surface area contributed by atoms with Crippen LogP contribution in [0.2, 0.25) is 0 Å². The Bertz CT molecular complexity index is 488. The minimum Gasteiger partial charge on any atom is -0.399 e. The van der Waals surface area contributed by atoms with Gasteiger partial charge in [0.05, 0.1) is 0 Å². The molecule has 4 nitrogen and oxygen atoms in total. The fourth-order valence-corrected chi connectivity index (χ4v) is 2.83. The second kappa shape index (κ2) is 4.85. The van der Waals surface area contributed by atoms with E-state index in [4.69, 9.17) is 5.73 Å². The van der Waals surface area contributed by atoms with Crippen molar-refractivity contribution >= 4 is 11.6 Å². The summed E-state index contributed by atoms with van der Waals surface area (Å²) in [6, 6.07) is 6.32. The molecule has 1 aliphatic carbocycles. The molecule has 2 fully saturated rings. The van der Waals surface area contributed by atoms with Crippen molar-refractivity contribution in [2.75, 3.05) is 31.9 Å². The number of carbonyl (C=O) groups is 1. The lowest BCUT2D eigenvalue weighted by molar-refractivity contribution is 0.0626. The summed E-state index contributed by atoms with van der Waals surface area (Å²) in [6.07, 6.45) is 2.68. The quantitative estimate of drug-likeness (QED) is 0.819. The number of anilines is 1. The number of aryl methyl sites for hydroxylation is 1. The van der Waals surface area contributed by atoms with Crippen molar-refractivity contribution in [2.24, 2.45) is 0 Å². The summed E-state index contributed by atoms with van der Waals surface area (Å²) in [5.41, 5.74) is 8.20. The second-order valence-corrected chi connectivity index (χ2v) is 5.63. The van der Waals surface area contributed by atoms with Gasteiger partial charge in [-0.15, -0.1) is 0 Å². The molecule has 1 aromatic carbocycles. The van der Waals surface area contributed by atoms with Gasteiger partial charge in [-0.3, -0.25) is 9.69 Å². The summed E-state index contributed by atoms with van der Waals surface area (Å²) in [7, 11) is 0. The van der Waals surface area contributed by atoms with Gasteiger partial charge in [0.2, 0.25) is 0 Å². The summed E-state index contributed by atoms with van der Waals surface area (Å²) < 4.78 is 0. The molecule has 4 heteroatoms. The van der Waals surface area contributed by atoms with Crippen LogP contribution in [-0.2, 0) is 0 Å². The Kier molecular flexibility index (Phi) is 3.19. The molecule has 0 unspecified atom stereocenters. The Morgan fingerprint density at radius 1 is 1.21 bits per heavy atom. The molecule has 0 atom stereocenters. The normalized spacial score (nSPS) is 20.6. The number of rotatable bonds is 2. The fraction of sp³-hybridized carbons (Fsp3) is 0.533. The van der Waals surface area contributed by atoms with Crippen molar-refractivity contribution in [2.45, 2.75) is 25.8 Å². The number of amides is 1. The van der Waals surface area contributed by atoms with Crippen LogP contribution < -0.4 is 5.73 Å². The van der Waals surface area contributed by atoms with Crippen LogP contribution in [-0.4, -0.2) is 47.9 Å². The van der Waals surface area contributed by atoms with Gasteiger partial charge in [-0.25, -0.2) is 0 Å². The highest BCUT2D eigenvalue weighted by Gasteiger charge is 2.32. The van der Waals surface area contributed by atoms with Crippen molar-refractivity contribution in [3.8, 4) is 0 Å². The number of hydrogen-bond donors (Lipinski definition) is 1. The molecule has 2 aliphatic rings. The molecule has 0 aromatic heterocycles. The van der Waals surface area contributed by atoms with Gasteiger partial charge in [0, 0.05) is 43.5 Å². The smallest absolute Gasteiger partial charge is 0.254 e. The Labute approximate surface area is 114 Å². The third-order valence-electron chi connectivity index (χ3n) is 4.15. The monoisotopic (exact) mass is 259 g/mol. The van der Waals surface area contributed by atoms with E-state index in [0.29, 0.717) is 5.69 Å².